The SMILES string of the molecule is O=C(O)Cc1nnnn1CCc1ccc(F)cc1. The van der Waals surface area contributed by atoms with E-state index in [1.54, 1.807) is 12.1 Å². The van der Waals surface area contributed by atoms with Crippen molar-refractivity contribution >= 4 is 5.97 Å². The number of nitrogens with zero attached hydrogens (tertiary/aromatic N) is 4. The Labute approximate surface area is 102 Å². The zero-order valence-corrected chi connectivity index (χ0v) is 9.45. The van der Waals surface area contributed by atoms with Crippen LogP contribution >= 0.6 is 0 Å². The van der Waals surface area contributed by atoms with Gasteiger partial charge in [-0.1, -0.05) is 12.1 Å². The van der Waals surface area contributed by atoms with Crippen LogP contribution < -0.4 is 0 Å². The lowest BCUT2D eigenvalue weighted by atomic mass is 10.1. The fourth-order valence-electron chi connectivity index (χ4n) is 1.54. The average Bonchev–Trinajstić information content (AvgIpc) is 2.75. The lowest BCUT2D eigenvalue weighted by Crippen LogP contribution is -2.12. The summed E-state index contributed by atoms with van der Waals surface area (Å²) in [6.45, 7) is 0.460. The van der Waals surface area contributed by atoms with Crippen LogP contribution in [0.3, 0.4) is 0 Å². The highest BCUT2D eigenvalue weighted by Gasteiger charge is 2.09. The molecule has 0 spiro atoms. The van der Waals surface area contributed by atoms with E-state index < -0.39 is 5.97 Å². The van der Waals surface area contributed by atoms with Crippen LogP contribution in [0.4, 0.5) is 4.39 Å². The van der Waals surface area contributed by atoms with Gasteiger partial charge in [-0.15, -0.1) is 5.10 Å². The first-order valence-electron chi connectivity index (χ1n) is 5.36. The molecule has 2 aromatic rings. The minimum Gasteiger partial charge on any atom is -0.481 e. The van der Waals surface area contributed by atoms with E-state index in [1.807, 2.05) is 0 Å². The Morgan fingerprint density at radius 2 is 2.06 bits per heavy atom. The fraction of sp³-hybridized carbons (Fsp3) is 0.273. The standard InChI is InChI=1S/C11H11FN4O2/c12-9-3-1-8(2-4-9)5-6-16-10(7-11(17)18)13-14-15-16/h1-4H,5-7H2,(H,17,18). The van der Waals surface area contributed by atoms with Gasteiger partial charge in [0.25, 0.3) is 0 Å². The number of aromatic nitrogens is 4. The number of hydrogen-bond donors (Lipinski definition) is 1. The summed E-state index contributed by atoms with van der Waals surface area (Å²) in [4.78, 5) is 10.6. The molecular formula is C11H11FN4O2. The van der Waals surface area contributed by atoms with Gasteiger partial charge >= 0.3 is 5.97 Å². The Morgan fingerprint density at radius 3 is 2.72 bits per heavy atom. The second-order valence-corrected chi connectivity index (χ2v) is 3.77. The molecule has 0 aliphatic rings. The third-order valence-electron chi connectivity index (χ3n) is 2.44. The van der Waals surface area contributed by atoms with E-state index in [1.165, 1.54) is 16.8 Å². The third kappa shape index (κ3) is 3.09. The highest BCUT2D eigenvalue weighted by molar-refractivity contribution is 5.68. The third-order valence-corrected chi connectivity index (χ3v) is 2.44. The van der Waals surface area contributed by atoms with E-state index in [-0.39, 0.29) is 12.2 Å². The number of rotatable bonds is 5. The van der Waals surface area contributed by atoms with Crippen LogP contribution in [-0.2, 0) is 24.2 Å². The molecule has 0 radical (unpaired) electrons. The molecule has 0 saturated heterocycles. The van der Waals surface area contributed by atoms with Gasteiger partial charge in [-0.05, 0) is 34.5 Å². The second kappa shape index (κ2) is 5.35. The Morgan fingerprint density at radius 1 is 1.33 bits per heavy atom. The smallest absolute Gasteiger partial charge is 0.311 e. The first-order chi connectivity index (χ1) is 8.65. The van der Waals surface area contributed by atoms with Gasteiger partial charge in [0.05, 0.1) is 0 Å². The van der Waals surface area contributed by atoms with Gasteiger partial charge in [-0.3, -0.25) is 4.79 Å². The van der Waals surface area contributed by atoms with Gasteiger partial charge in [-0.2, -0.15) is 0 Å². The van der Waals surface area contributed by atoms with Crippen molar-refractivity contribution in [1.29, 1.82) is 0 Å². The summed E-state index contributed by atoms with van der Waals surface area (Å²) in [7, 11) is 0. The minimum atomic E-state index is -0.979. The predicted octanol–water partition coefficient (Wildman–Crippen LogP) is 0.682. The van der Waals surface area contributed by atoms with Crippen molar-refractivity contribution in [3.05, 3.63) is 41.5 Å². The summed E-state index contributed by atoms with van der Waals surface area (Å²) >= 11 is 0. The van der Waals surface area contributed by atoms with Crippen molar-refractivity contribution in [2.75, 3.05) is 0 Å². The van der Waals surface area contributed by atoms with Crippen molar-refractivity contribution in [3.8, 4) is 0 Å². The number of aliphatic carboxylic acids is 1. The Kier molecular flexibility index (Phi) is 3.61. The Bertz CT molecular complexity index is 538. The molecule has 94 valence electrons. The molecule has 6 nitrogen and oxygen atoms in total. The van der Waals surface area contributed by atoms with E-state index in [9.17, 15) is 9.18 Å². The molecule has 0 bridgehead atoms. The van der Waals surface area contributed by atoms with E-state index in [4.69, 9.17) is 5.11 Å². The van der Waals surface area contributed by atoms with Crippen LogP contribution in [0.25, 0.3) is 0 Å². The quantitative estimate of drug-likeness (QED) is 0.844. The summed E-state index contributed by atoms with van der Waals surface area (Å²) in [5, 5.41) is 19.5. The zero-order valence-electron chi connectivity index (χ0n) is 9.45. The van der Waals surface area contributed by atoms with Crippen molar-refractivity contribution < 1.29 is 14.3 Å². The summed E-state index contributed by atoms with van der Waals surface area (Å²) in [6, 6.07) is 6.12. The van der Waals surface area contributed by atoms with Crippen molar-refractivity contribution in [1.82, 2.24) is 20.2 Å². The molecule has 1 heterocycles. The van der Waals surface area contributed by atoms with Gasteiger partial charge in [0, 0.05) is 6.54 Å². The molecule has 0 atom stereocenters. The molecule has 0 aliphatic heterocycles. The van der Waals surface area contributed by atoms with Crippen LogP contribution in [0.15, 0.2) is 24.3 Å². The predicted molar refractivity (Wildman–Crippen MR) is 59.3 cm³/mol. The van der Waals surface area contributed by atoms with Crippen LogP contribution in [0, 0.1) is 5.82 Å². The molecular weight excluding hydrogens is 239 g/mol. The first kappa shape index (κ1) is 12.2. The lowest BCUT2D eigenvalue weighted by Gasteiger charge is -2.03. The molecule has 0 aliphatic carbocycles. The molecule has 0 unspecified atom stereocenters. The number of halogens is 1. The molecule has 0 saturated carbocycles. The summed E-state index contributed by atoms with van der Waals surface area (Å²) < 4.78 is 14.1. The number of carboxylic acid groups (broad SMARTS) is 1. The number of hydrogen-bond acceptors (Lipinski definition) is 4. The highest BCUT2D eigenvalue weighted by atomic mass is 19.1. The van der Waals surface area contributed by atoms with Gasteiger partial charge in [0.15, 0.2) is 5.82 Å². The first-order valence-corrected chi connectivity index (χ1v) is 5.36. The number of carbonyl (C=O) groups is 1. The lowest BCUT2D eigenvalue weighted by molar-refractivity contribution is -0.136. The number of carboxylic acids is 1. The largest absolute Gasteiger partial charge is 0.481 e. The molecule has 1 N–H and O–H groups in total. The van der Waals surface area contributed by atoms with Crippen LogP contribution in [0.1, 0.15) is 11.4 Å². The number of benzene rings is 1. The molecule has 1 aromatic carbocycles. The number of tetrazole rings is 1. The molecule has 7 heteroatoms. The molecule has 2 rings (SSSR count). The topological polar surface area (TPSA) is 80.9 Å². The van der Waals surface area contributed by atoms with Crippen molar-refractivity contribution in [3.63, 3.8) is 0 Å². The monoisotopic (exact) mass is 250 g/mol. The zero-order chi connectivity index (χ0) is 13.0. The Hall–Kier alpha value is -2.31. The maximum atomic E-state index is 12.7. The Balaban J connectivity index is 1.99. The molecule has 18 heavy (non-hydrogen) atoms. The maximum Gasteiger partial charge on any atom is 0.311 e. The van der Waals surface area contributed by atoms with E-state index in [2.05, 4.69) is 15.5 Å². The fourth-order valence-corrected chi connectivity index (χ4v) is 1.54. The summed E-state index contributed by atoms with van der Waals surface area (Å²) in [5.74, 6) is -0.954. The van der Waals surface area contributed by atoms with E-state index in [0.717, 1.165) is 5.56 Å². The van der Waals surface area contributed by atoms with Crippen LogP contribution in [0.2, 0.25) is 0 Å². The van der Waals surface area contributed by atoms with Gasteiger partial charge in [-0.25, -0.2) is 9.07 Å². The van der Waals surface area contributed by atoms with Gasteiger partial charge in [0.1, 0.15) is 12.2 Å². The maximum absolute atomic E-state index is 12.7. The average molecular weight is 250 g/mol. The second-order valence-electron chi connectivity index (χ2n) is 3.77. The summed E-state index contributed by atoms with van der Waals surface area (Å²) in [5.41, 5.74) is 0.938. The van der Waals surface area contributed by atoms with Crippen LogP contribution in [0.5, 0.6) is 0 Å². The van der Waals surface area contributed by atoms with Gasteiger partial charge < -0.3 is 5.11 Å². The van der Waals surface area contributed by atoms with Crippen LogP contribution in [-0.4, -0.2) is 31.3 Å². The normalized spacial score (nSPS) is 10.5. The van der Waals surface area contributed by atoms with Crippen molar-refractivity contribution in [2.24, 2.45) is 0 Å². The molecule has 1 aromatic heterocycles. The van der Waals surface area contributed by atoms with E-state index >= 15 is 0 Å². The minimum absolute atomic E-state index is 0.212. The summed E-state index contributed by atoms with van der Waals surface area (Å²) in [6.07, 6.45) is 0.397. The van der Waals surface area contributed by atoms with Crippen molar-refractivity contribution in [2.45, 2.75) is 19.4 Å². The molecule has 0 amide bonds. The molecule has 0 fully saturated rings. The van der Waals surface area contributed by atoms with Gasteiger partial charge in [0.2, 0.25) is 0 Å². The number of aryl methyl sites for hydroxylation is 2. The highest BCUT2D eigenvalue weighted by Crippen LogP contribution is 2.05. The van der Waals surface area contributed by atoms with E-state index in [0.29, 0.717) is 18.8 Å².